The van der Waals surface area contributed by atoms with Gasteiger partial charge in [-0.2, -0.15) is 0 Å². The van der Waals surface area contributed by atoms with E-state index in [9.17, 15) is 0 Å². The number of allylic oxidation sites excluding steroid dienone is 1. The molecule has 2 nitrogen and oxygen atoms in total. The zero-order valence-corrected chi connectivity index (χ0v) is 10.2. The van der Waals surface area contributed by atoms with Gasteiger partial charge in [0.1, 0.15) is 5.01 Å². The normalized spacial score (nSPS) is 10.3. The van der Waals surface area contributed by atoms with Crippen molar-refractivity contribution in [1.29, 1.82) is 0 Å². The van der Waals surface area contributed by atoms with Crippen LogP contribution in [0.25, 0.3) is 0 Å². The van der Waals surface area contributed by atoms with Crippen molar-refractivity contribution in [2.24, 2.45) is 0 Å². The highest BCUT2D eigenvalue weighted by Crippen LogP contribution is 2.15. The molecule has 0 aromatic carbocycles. The molecule has 1 N–H and O–H groups in total. The number of hydrogen-bond donors (Lipinski definition) is 1. The molecule has 0 amide bonds. The summed E-state index contributed by atoms with van der Waals surface area (Å²) in [6.07, 6.45) is 2.19. The molecule has 1 aromatic rings. The van der Waals surface area contributed by atoms with Gasteiger partial charge in [-0.25, -0.2) is 4.98 Å². The van der Waals surface area contributed by atoms with Gasteiger partial charge in [-0.1, -0.05) is 11.6 Å². The van der Waals surface area contributed by atoms with Crippen LogP contribution in [0.15, 0.2) is 11.6 Å². The summed E-state index contributed by atoms with van der Waals surface area (Å²) in [5, 5.41) is 4.53. The Morgan fingerprint density at radius 1 is 1.43 bits per heavy atom. The fraction of sp³-hybridized carbons (Fsp3) is 0.545. The second-order valence-corrected chi connectivity index (χ2v) is 4.95. The number of nitrogens with zero attached hydrogens (tertiary/aromatic N) is 1. The average Bonchev–Trinajstić information content (AvgIpc) is 2.40. The molecule has 3 heteroatoms. The first-order chi connectivity index (χ1) is 6.59. The third-order valence-corrected chi connectivity index (χ3v) is 3.08. The Balaban J connectivity index is 2.35. The second-order valence-electron chi connectivity index (χ2n) is 3.66. The van der Waals surface area contributed by atoms with Crippen LogP contribution in [0.3, 0.4) is 0 Å². The van der Waals surface area contributed by atoms with Crippen molar-refractivity contribution in [3.8, 4) is 0 Å². The van der Waals surface area contributed by atoms with Gasteiger partial charge in [0.25, 0.3) is 0 Å². The minimum Gasteiger partial charge on any atom is -0.307 e. The lowest BCUT2D eigenvalue weighted by Crippen LogP contribution is -2.12. The first-order valence-electron chi connectivity index (χ1n) is 4.86. The van der Waals surface area contributed by atoms with Crippen molar-refractivity contribution >= 4 is 11.3 Å². The molecule has 0 aliphatic rings. The van der Waals surface area contributed by atoms with Crippen LogP contribution in [0.5, 0.6) is 0 Å². The van der Waals surface area contributed by atoms with Gasteiger partial charge in [-0.15, -0.1) is 11.3 Å². The SMILES string of the molecule is CC(C)=CCNCc1nc(C)c(C)s1. The molecule has 0 fully saturated rings. The molecule has 0 aliphatic carbocycles. The Labute approximate surface area is 90.1 Å². The summed E-state index contributed by atoms with van der Waals surface area (Å²) in [6, 6.07) is 0. The monoisotopic (exact) mass is 210 g/mol. The van der Waals surface area contributed by atoms with Gasteiger partial charge in [0.15, 0.2) is 0 Å². The van der Waals surface area contributed by atoms with Crippen molar-refractivity contribution in [3.63, 3.8) is 0 Å². The van der Waals surface area contributed by atoms with E-state index in [1.54, 1.807) is 11.3 Å². The molecule has 1 aromatic heterocycles. The van der Waals surface area contributed by atoms with Crippen LogP contribution in [0.1, 0.15) is 29.4 Å². The minimum absolute atomic E-state index is 0.878. The highest BCUT2D eigenvalue weighted by atomic mass is 32.1. The highest BCUT2D eigenvalue weighted by molar-refractivity contribution is 7.11. The summed E-state index contributed by atoms with van der Waals surface area (Å²) >= 11 is 1.78. The molecule has 0 saturated carbocycles. The Hall–Kier alpha value is -0.670. The first kappa shape index (κ1) is 11.4. The van der Waals surface area contributed by atoms with Crippen molar-refractivity contribution in [1.82, 2.24) is 10.3 Å². The largest absolute Gasteiger partial charge is 0.307 e. The molecule has 0 saturated heterocycles. The number of hydrogen-bond acceptors (Lipinski definition) is 3. The number of nitrogens with one attached hydrogen (secondary N) is 1. The van der Waals surface area contributed by atoms with Crippen molar-refractivity contribution in [2.75, 3.05) is 6.54 Å². The van der Waals surface area contributed by atoms with E-state index in [1.165, 1.54) is 15.5 Å². The van der Waals surface area contributed by atoms with Crippen LogP contribution in [-0.2, 0) is 6.54 Å². The van der Waals surface area contributed by atoms with Gasteiger partial charge in [0, 0.05) is 18.0 Å². The Bertz CT molecular complexity index is 303. The van der Waals surface area contributed by atoms with E-state index in [1.807, 2.05) is 0 Å². The molecule has 0 radical (unpaired) electrons. The predicted molar refractivity (Wildman–Crippen MR) is 62.7 cm³/mol. The maximum absolute atomic E-state index is 4.46. The van der Waals surface area contributed by atoms with Crippen LogP contribution in [0.2, 0.25) is 0 Å². The van der Waals surface area contributed by atoms with Gasteiger partial charge >= 0.3 is 0 Å². The topological polar surface area (TPSA) is 24.9 Å². The molecule has 0 spiro atoms. The van der Waals surface area contributed by atoms with E-state index in [0.29, 0.717) is 0 Å². The number of aryl methyl sites for hydroxylation is 2. The van der Waals surface area contributed by atoms with Gasteiger partial charge in [-0.05, 0) is 27.7 Å². The maximum atomic E-state index is 4.46. The molecule has 1 rings (SSSR count). The summed E-state index contributed by atoms with van der Waals surface area (Å²) in [7, 11) is 0. The summed E-state index contributed by atoms with van der Waals surface area (Å²) < 4.78 is 0. The van der Waals surface area contributed by atoms with E-state index in [-0.39, 0.29) is 0 Å². The highest BCUT2D eigenvalue weighted by Gasteiger charge is 2.01. The standard InChI is InChI=1S/C11H18N2S/c1-8(2)5-6-12-7-11-13-9(3)10(4)14-11/h5,12H,6-7H2,1-4H3. The first-order valence-corrected chi connectivity index (χ1v) is 5.68. The van der Waals surface area contributed by atoms with E-state index < -0.39 is 0 Å². The molecule has 0 unspecified atom stereocenters. The molecule has 0 aliphatic heterocycles. The van der Waals surface area contributed by atoms with Crippen LogP contribution in [-0.4, -0.2) is 11.5 Å². The van der Waals surface area contributed by atoms with Crippen LogP contribution in [0.4, 0.5) is 0 Å². The molecule has 0 bridgehead atoms. The van der Waals surface area contributed by atoms with E-state index in [0.717, 1.165) is 18.8 Å². The molecule has 78 valence electrons. The molecule has 14 heavy (non-hydrogen) atoms. The van der Waals surface area contributed by atoms with E-state index in [2.05, 4.69) is 44.1 Å². The Morgan fingerprint density at radius 3 is 2.64 bits per heavy atom. The lowest BCUT2D eigenvalue weighted by Gasteiger charge is -1.97. The van der Waals surface area contributed by atoms with Gasteiger partial charge in [0.05, 0.1) is 5.69 Å². The molecular formula is C11H18N2S. The number of aromatic nitrogens is 1. The summed E-state index contributed by atoms with van der Waals surface area (Å²) in [4.78, 5) is 5.79. The van der Waals surface area contributed by atoms with Crippen molar-refractivity contribution < 1.29 is 0 Å². The second kappa shape index (κ2) is 5.27. The van der Waals surface area contributed by atoms with Crippen molar-refractivity contribution in [2.45, 2.75) is 34.2 Å². The Morgan fingerprint density at radius 2 is 2.14 bits per heavy atom. The molecule has 1 heterocycles. The van der Waals surface area contributed by atoms with Crippen LogP contribution < -0.4 is 5.32 Å². The van der Waals surface area contributed by atoms with Gasteiger partial charge in [-0.3, -0.25) is 0 Å². The fourth-order valence-electron chi connectivity index (χ4n) is 1.07. The van der Waals surface area contributed by atoms with Gasteiger partial charge in [0.2, 0.25) is 0 Å². The molecule has 0 atom stereocenters. The number of thiazole rings is 1. The quantitative estimate of drug-likeness (QED) is 0.610. The predicted octanol–water partition coefficient (Wildman–Crippen LogP) is 2.82. The lowest BCUT2D eigenvalue weighted by atomic mass is 10.3. The summed E-state index contributed by atoms with van der Waals surface area (Å²) in [6.45, 7) is 10.2. The average molecular weight is 210 g/mol. The third-order valence-electron chi connectivity index (χ3n) is 2.00. The lowest BCUT2D eigenvalue weighted by molar-refractivity contribution is 0.750. The fourth-order valence-corrected chi connectivity index (χ4v) is 1.97. The molecular weight excluding hydrogens is 192 g/mol. The Kier molecular flexibility index (Phi) is 4.29. The zero-order valence-electron chi connectivity index (χ0n) is 9.35. The van der Waals surface area contributed by atoms with Gasteiger partial charge < -0.3 is 5.32 Å². The maximum Gasteiger partial charge on any atom is 0.107 e. The third kappa shape index (κ3) is 3.60. The summed E-state index contributed by atoms with van der Waals surface area (Å²) in [5.41, 5.74) is 2.51. The minimum atomic E-state index is 0.878. The zero-order chi connectivity index (χ0) is 10.6. The number of rotatable bonds is 4. The summed E-state index contributed by atoms with van der Waals surface area (Å²) in [5.74, 6) is 0. The van der Waals surface area contributed by atoms with E-state index in [4.69, 9.17) is 0 Å². The van der Waals surface area contributed by atoms with Crippen LogP contribution >= 0.6 is 11.3 Å². The van der Waals surface area contributed by atoms with E-state index >= 15 is 0 Å². The van der Waals surface area contributed by atoms with Crippen LogP contribution in [0, 0.1) is 13.8 Å². The van der Waals surface area contributed by atoms with Crippen molar-refractivity contribution in [3.05, 3.63) is 27.2 Å². The smallest absolute Gasteiger partial charge is 0.107 e.